The van der Waals surface area contributed by atoms with E-state index in [9.17, 15) is 4.79 Å². The average molecular weight is 349 g/mol. The van der Waals surface area contributed by atoms with Crippen molar-refractivity contribution in [3.8, 4) is 0 Å². The second-order valence-corrected chi connectivity index (χ2v) is 5.44. The van der Waals surface area contributed by atoms with Gasteiger partial charge in [0.05, 0.1) is 11.2 Å². The lowest BCUT2D eigenvalue weighted by Gasteiger charge is -2.09. The van der Waals surface area contributed by atoms with Crippen molar-refractivity contribution in [2.24, 2.45) is 0 Å². The van der Waals surface area contributed by atoms with E-state index in [0.29, 0.717) is 32.3 Å². The number of anilines is 1. The Morgan fingerprint density at radius 3 is 2.83 bits per heavy atom. The third kappa shape index (κ3) is 5.79. The molecule has 1 amide bonds. The van der Waals surface area contributed by atoms with E-state index in [4.69, 9.17) is 16.3 Å². The standard InChI is InChI=1S/C17H21ClN4O2/c1-2-24-10-6-9-19-16(23)15-14(18)12-21-17(22-15)20-11-13-7-4-3-5-8-13/h3-5,7-8,12H,2,6,9-11H2,1H3,(H,19,23)(H,20,21,22). The summed E-state index contributed by atoms with van der Waals surface area (Å²) in [4.78, 5) is 20.5. The van der Waals surface area contributed by atoms with Gasteiger partial charge in [-0.05, 0) is 18.9 Å². The van der Waals surface area contributed by atoms with Gasteiger partial charge in [0.1, 0.15) is 0 Å². The van der Waals surface area contributed by atoms with E-state index in [1.54, 1.807) is 0 Å². The number of nitrogens with one attached hydrogen (secondary N) is 2. The predicted molar refractivity (Wildman–Crippen MR) is 94.3 cm³/mol. The first kappa shape index (κ1) is 18.2. The van der Waals surface area contributed by atoms with Gasteiger partial charge in [-0.2, -0.15) is 0 Å². The molecule has 0 atom stereocenters. The summed E-state index contributed by atoms with van der Waals surface area (Å²) in [5.74, 6) is 0.0457. The molecule has 0 aliphatic heterocycles. The van der Waals surface area contributed by atoms with Crippen LogP contribution in [0.15, 0.2) is 36.5 Å². The van der Waals surface area contributed by atoms with Crippen LogP contribution in [0.5, 0.6) is 0 Å². The van der Waals surface area contributed by atoms with E-state index in [2.05, 4.69) is 20.6 Å². The fraction of sp³-hybridized carbons (Fsp3) is 0.353. The number of rotatable bonds is 9. The molecule has 1 heterocycles. The summed E-state index contributed by atoms with van der Waals surface area (Å²) in [6.45, 7) is 4.29. The van der Waals surface area contributed by atoms with Crippen molar-refractivity contribution in [1.29, 1.82) is 0 Å². The van der Waals surface area contributed by atoms with Crippen molar-refractivity contribution in [1.82, 2.24) is 15.3 Å². The molecule has 0 radical (unpaired) electrons. The SMILES string of the molecule is CCOCCCNC(=O)c1nc(NCc2ccccc2)ncc1Cl. The van der Waals surface area contributed by atoms with Crippen molar-refractivity contribution in [3.63, 3.8) is 0 Å². The molecule has 1 aromatic carbocycles. The number of hydrogen-bond acceptors (Lipinski definition) is 5. The minimum atomic E-state index is -0.318. The summed E-state index contributed by atoms with van der Waals surface area (Å²) in [6.07, 6.45) is 2.17. The number of ether oxygens (including phenoxy) is 1. The van der Waals surface area contributed by atoms with E-state index < -0.39 is 0 Å². The minimum absolute atomic E-state index is 0.165. The van der Waals surface area contributed by atoms with Gasteiger partial charge in [0.15, 0.2) is 5.69 Å². The van der Waals surface area contributed by atoms with Crippen LogP contribution in [-0.2, 0) is 11.3 Å². The average Bonchev–Trinajstić information content (AvgIpc) is 2.61. The lowest BCUT2D eigenvalue weighted by Crippen LogP contribution is -2.27. The van der Waals surface area contributed by atoms with E-state index in [1.165, 1.54) is 6.20 Å². The van der Waals surface area contributed by atoms with Crippen molar-refractivity contribution < 1.29 is 9.53 Å². The first-order valence-electron chi connectivity index (χ1n) is 7.87. The summed E-state index contributed by atoms with van der Waals surface area (Å²) < 4.78 is 5.22. The summed E-state index contributed by atoms with van der Waals surface area (Å²) >= 11 is 6.03. The first-order chi connectivity index (χ1) is 11.7. The Morgan fingerprint density at radius 1 is 1.29 bits per heavy atom. The Hall–Kier alpha value is -2.18. The molecule has 2 aromatic rings. The molecule has 6 nitrogen and oxygen atoms in total. The number of carbonyl (C=O) groups excluding carboxylic acids is 1. The van der Waals surface area contributed by atoms with Gasteiger partial charge in [-0.1, -0.05) is 41.9 Å². The van der Waals surface area contributed by atoms with Gasteiger partial charge in [-0.15, -0.1) is 0 Å². The lowest BCUT2D eigenvalue weighted by molar-refractivity contribution is 0.0939. The molecule has 0 saturated carbocycles. The Kier molecular flexibility index (Phi) is 7.45. The molecule has 2 N–H and O–H groups in total. The predicted octanol–water partition coefficient (Wildman–Crippen LogP) is 2.90. The number of halogens is 1. The van der Waals surface area contributed by atoms with Crippen molar-refractivity contribution in [3.05, 3.63) is 52.8 Å². The molecule has 0 saturated heterocycles. The van der Waals surface area contributed by atoms with Gasteiger partial charge < -0.3 is 15.4 Å². The van der Waals surface area contributed by atoms with Crippen LogP contribution in [0.2, 0.25) is 5.02 Å². The highest BCUT2D eigenvalue weighted by molar-refractivity contribution is 6.33. The molecule has 0 unspecified atom stereocenters. The molecule has 2 rings (SSSR count). The van der Waals surface area contributed by atoms with Crippen molar-refractivity contribution >= 4 is 23.5 Å². The second-order valence-electron chi connectivity index (χ2n) is 5.04. The van der Waals surface area contributed by atoms with Crippen LogP contribution in [-0.4, -0.2) is 35.6 Å². The molecule has 0 aliphatic rings. The fourth-order valence-corrected chi connectivity index (χ4v) is 2.17. The monoisotopic (exact) mass is 348 g/mol. The van der Waals surface area contributed by atoms with E-state index >= 15 is 0 Å². The number of nitrogens with zero attached hydrogens (tertiary/aromatic N) is 2. The molecule has 7 heteroatoms. The molecular formula is C17H21ClN4O2. The van der Waals surface area contributed by atoms with Gasteiger partial charge in [0.25, 0.3) is 5.91 Å². The number of amides is 1. The van der Waals surface area contributed by atoms with Crippen LogP contribution < -0.4 is 10.6 Å². The summed E-state index contributed by atoms with van der Waals surface area (Å²) in [6, 6.07) is 9.86. The molecule has 0 aliphatic carbocycles. The Balaban J connectivity index is 1.91. The lowest BCUT2D eigenvalue weighted by atomic mass is 10.2. The van der Waals surface area contributed by atoms with E-state index in [1.807, 2.05) is 37.3 Å². The highest BCUT2D eigenvalue weighted by atomic mass is 35.5. The van der Waals surface area contributed by atoms with Crippen LogP contribution in [0.4, 0.5) is 5.95 Å². The van der Waals surface area contributed by atoms with Gasteiger partial charge >= 0.3 is 0 Å². The molecule has 0 spiro atoms. The normalized spacial score (nSPS) is 10.4. The molecule has 24 heavy (non-hydrogen) atoms. The van der Waals surface area contributed by atoms with Crippen LogP contribution in [0.25, 0.3) is 0 Å². The maximum Gasteiger partial charge on any atom is 0.271 e. The smallest absolute Gasteiger partial charge is 0.271 e. The van der Waals surface area contributed by atoms with Crippen molar-refractivity contribution in [2.45, 2.75) is 19.9 Å². The van der Waals surface area contributed by atoms with Gasteiger partial charge in [0, 0.05) is 26.3 Å². The molecular weight excluding hydrogens is 328 g/mol. The third-order valence-electron chi connectivity index (χ3n) is 3.21. The molecule has 0 bridgehead atoms. The Morgan fingerprint density at radius 2 is 2.08 bits per heavy atom. The maximum atomic E-state index is 12.2. The minimum Gasteiger partial charge on any atom is -0.382 e. The number of carbonyl (C=O) groups is 1. The largest absolute Gasteiger partial charge is 0.382 e. The maximum absolute atomic E-state index is 12.2. The quantitative estimate of drug-likeness (QED) is 0.681. The van der Waals surface area contributed by atoms with Crippen LogP contribution in [0.1, 0.15) is 29.4 Å². The molecule has 0 fully saturated rings. The summed E-state index contributed by atoms with van der Waals surface area (Å²) in [5.41, 5.74) is 1.26. The van der Waals surface area contributed by atoms with Crippen LogP contribution in [0.3, 0.4) is 0 Å². The molecule has 1 aromatic heterocycles. The third-order valence-corrected chi connectivity index (χ3v) is 3.48. The zero-order chi connectivity index (χ0) is 17.2. The summed E-state index contributed by atoms with van der Waals surface area (Å²) in [7, 11) is 0. The van der Waals surface area contributed by atoms with Gasteiger partial charge in [-0.3, -0.25) is 4.79 Å². The van der Waals surface area contributed by atoms with E-state index in [-0.39, 0.29) is 16.6 Å². The fourth-order valence-electron chi connectivity index (χ4n) is 1.99. The zero-order valence-corrected chi connectivity index (χ0v) is 14.3. The number of hydrogen-bond donors (Lipinski definition) is 2. The first-order valence-corrected chi connectivity index (χ1v) is 8.24. The highest BCUT2D eigenvalue weighted by Gasteiger charge is 2.13. The van der Waals surface area contributed by atoms with Crippen LogP contribution >= 0.6 is 11.6 Å². The topological polar surface area (TPSA) is 76.1 Å². The molecule has 128 valence electrons. The Labute approximate surface area is 146 Å². The number of benzene rings is 1. The van der Waals surface area contributed by atoms with Crippen LogP contribution in [0, 0.1) is 0 Å². The zero-order valence-electron chi connectivity index (χ0n) is 13.6. The van der Waals surface area contributed by atoms with E-state index in [0.717, 1.165) is 12.0 Å². The summed E-state index contributed by atoms with van der Waals surface area (Å²) in [5, 5.41) is 6.09. The second kappa shape index (κ2) is 9.85. The van der Waals surface area contributed by atoms with Gasteiger partial charge in [0.2, 0.25) is 5.95 Å². The van der Waals surface area contributed by atoms with Crippen molar-refractivity contribution in [2.75, 3.05) is 25.1 Å². The number of aromatic nitrogens is 2. The highest BCUT2D eigenvalue weighted by Crippen LogP contribution is 2.14. The van der Waals surface area contributed by atoms with Gasteiger partial charge in [-0.25, -0.2) is 9.97 Å². The Bertz CT molecular complexity index is 652.